The van der Waals surface area contributed by atoms with Crippen LogP contribution in [0.15, 0.2) is 46.6 Å². The molecule has 0 bridgehead atoms. The minimum atomic E-state index is 0.00810. The van der Waals surface area contributed by atoms with Gasteiger partial charge in [0.15, 0.2) is 10.2 Å². The van der Waals surface area contributed by atoms with Gasteiger partial charge in [0.05, 0.1) is 5.69 Å². The summed E-state index contributed by atoms with van der Waals surface area (Å²) in [5.41, 5.74) is 14.8. The van der Waals surface area contributed by atoms with Gasteiger partial charge in [0.25, 0.3) is 0 Å². The van der Waals surface area contributed by atoms with Crippen molar-refractivity contribution < 1.29 is 0 Å². The first-order chi connectivity index (χ1) is 8.83. The lowest BCUT2D eigenvalue weighted by Crippen LogP contribution is -1.87. The van der Waals surface area contributed by atoms with E-state index >= 15 is 0 Å². The lowest BCUT2D eigenvalue weighted by atomic mass is 10.1. The van der Waals surface area contributed by atoms with Gasteiger partial charge in [-0.05, 0) is 0 Å². The molecule has 0 aliphatic carbocycles. The molecule has 0 saturated heterocycles. The van der Waals surface area contributed by atoms with E-state index in [4.69, 9.17) is 11.1 Å². The van der Waals surface area contributed by atoms with E-state index in [-0.39, 0.29) is 11.8 Å². The van der Waals surface area contributed by atoms with Crippen molar-refractivity contribution in [3.05, 3.63) is 36.4 Å². The lowest BCUT2D eigenvalue weighted by molar-refractivity contribution is 0.929. The Hall–Kier alpha value is -3.08. The van der Waals surface area contributed by atoms with E-state index in [9.17, 15) is 0 Å². The Balaban J connectivity index is 2.60. The fourth-order valence-corrected chi connectivity index (χ4v) is 1.37. The van der Waals surface area contributed by atoms with Gasteiger partial charge in [-0.15, -0.1) is 0 Å². The molecule has 0 unspecified atom stereocenters. The first kappa shape index (κ1) is 11.4. The highest BCUT2D eigenvalue weighted by molar-refractivity contribution is 5.62. The molecule has 8 nitrogen and oxygen atoms in total. The van der Waals surface area contributed by atoms with Gasteiger partial charge < -0.3 is 0 Å². The number of rotatable bonds is 3. The van der Waals surface area contributed by atoms with Crippen LogP contribution in [0.1, 0.15) is 0 Å². The molecule has 2 aromatic rings. The highest BCUT2D eigenvalue weighted by atomic mass is 15.2. The van der Waals surface area contributed by atoms with Crippen molar-refractivity contribution in [2.75, 3.05) is 0 Å². The van der Waals surface area contributed by atoms with Crippen LogP contribution >= 0.6 is 0 Å². The van der Waals surface area contributed by atoms with Crippen LogP contribution < -0.4 is 9.82 Å². The second-order valence-electron chi connectivity index (χ2n) is 3.18. The Morgan fingerprint density at radius 2 is 1.67 bits per heavy atom. The van der Waals surface area contributed by atoms with Crippen molar-refractivity contribution in [1.29, 1.82) is 11.1 Å². The van der Waals surface area contributed by atoms with Crippen molar-refractivity contribution in [2.24, 2.45) is 10.2 Å². The predicted octanol–water partition coefficient (Wildman–Crippen LogP) is 2.51. The average Bonchev–Trinajstić information content (AvgIpc) is 2.40. The van der Waals surface area contributed by atoms with Crippen molar-refractivity contribution in [2.45, 2.75) is 0 Å². The zero-order valence-corrected chi connectivity index (χ0v) is 9.15. The fraction of sp³-hybridized carbons (Fsp3) is 0. The lowest BCUT2D eigenvalue weighted by Gasteiger charge is -1.98. The molecule has 0 atom stereocenters. The van der Waals surface area contributed by atoms with Gasteiger partial charge in [-0.2, -0.15) is 4.98 Å². The molecule has 1 aromatic carbocycles. The highest BCUT2D eigenvalue weighted by Crippen LogP contribution is 2.22. The van der Waals surface area contributed by atoms with Crippen LogP contribution in [0.5, 0.6) is 0 Å². The van der Waals surface area contributed by atoms with Gasteiger partial charge in [-0.1, -0.05) is 30.3 Å². The van der Waals surface area contributed by atoms with E-state index in [1.165, 1.54) is 0 Å². The molecule has 0 saturated carbocycles. The topological polar surface area (TPSA) is 126 Å². The Kier molecular flexibility index (Phi) is 3.36. The van der Waals surface area contributed by atoms with E-state index in [1.54, 1.807) is 6.07 Å². The molecule has 0 spiro atoms. The molecule has 0 aliphatic rings. The average molecular weight is 240 g/mol. The van der Waals surface area contributed by atoms with Gasteiger partial charge in [-0.25, -0.2) is 4.98 Å². The molecule has 1 heterocycles. The predicted molar refractivity (Wildman–Crippen MR) is 61.4 cm³/mol. The number of nitrogens with zero attached hydrogens (tertiary/aromatic N) is 6. The number of hydrogen-bond donors (Lipinski definition) is 2. The largest absolute Gasteiger partial charge is 0.339 e. The van der Waals surface area contributed by atoms with Gasteiger partial charge in [0.1, 0.15) is 11.1 Å². The Bertz CT molecular complexity index is 617. The number of aromatic nitrogens is 2. The third kappa shape index (κ3) is 2.53. The summed E-state index contributed by atoms with van der Waals surface area (Å²) in [6.45, 7) is 0. The molecule has 0 fully saturated rings. The summed E-state index contributed by atoms with van der Waals surface area (Å²) in [6.07, 6.45) is 0. The number of benzene rings is 1. The van der Waals surface area contributed by atoms with Crippen LogP contribution in [0.3, 0.4) is 0 Å². The van der Waals surface area contributed by atoms with Crippen molar-refractivity contribution >= 4 is 11.8 Å². The van der Waals surface area contributed by atoms with E-state index in [0.717, 1.165) is 5.56 Å². The summed E-state index contributed by atoms with van der Waals surface area (Å²) < 4.78 is 0. The standard InChI is InChI=1S/C10H8N8/c11-17-15-9-6-8(7-4-2-1-3-5-7)13-10(14-9)16-18-12/h1-6,11-12H/q+2. The molecule has 0 radical (unpaired) electrons. The minimum Gasteiger partial charge on any atom is -0.205 e. The van der Waals surface area contributed by atoms with Crippen molar-refractivity contribution in [1.82, 2.24) is 19.8 Å². The second kappa shape index (κ2) is 5.31. The maximum absolute atomic E-state index is 6.69. The van der Waals surface area contributed by atoms with E-state index < -0.39 is 0 Å². The van der Waals surface area contributed by atoms with Gasteiger partial charge >= 0.3 is 5.95 Å². The molecule has 0 amide bonds. The maximum atomic E-state index is 6.69. The monoisotopic (exact) mass is 240 g/mol. The third-order valence-corrected chi connectivity index (χ3v) is 2.06. The SMILES string of the molecule is N=[N+]=Nc1cc(-c2ccccc2)nc(N=[N+]=N)n1. The van der Waals surface area contributed by atoms with E-state index in [0.29, 0.717) is 5.69 Å². The summed E-state index contributed by atoms with van der Waals surface area (Å²) in [5.74, 6) is 0.204. The Morgan fingerprint density at radius 1 is 0.944 bits per heavy atom. The van der Waals surface area contributed by atoms with Crippen LogP contribution in [0, 0.1) is 11.1 Å². The molecular formula is C10H8N8+2. The summed E-state index contributed by atoms with van der Waals surface area (Å²) in [7, 11) is 0. The van der Waals surface area contributed by atoms with Crippen LogP contribution in [-0.2, 0) is 0 Å². The Morgan fingerprint density at radius 3 is 2.33 bits per heavy atom. The first-order valence-electron chi connectivity index (χ1n) is 4.93. The van der Waals surface area contributed by atoms with Gasteiger partial charge in [0.2, 0.25) is 15.6 Å². The molecule has 86 valence electrons. The highest BCUT2D eigenvalue weighted by Gasteiger charge is 2.11. The van der Waals surface area contributed by atoms with Crippen LogP contribution in [-0.4, -0.2) is 9.97 Å². The maximum Gasteiger partial charge on any atom is 0.339 e. The first-order valence-corrected chi connectivity index (χ1v) is 4.93. The molecule has 0 aliphatic heterocycles. The van der Waals surface area contributed by atoms with E-state index in [1.807, 2.05) is 30.3 Å². The number of nitrogens with one attached hydrogen (secondary N) is 2. The zero-order chi connectivity index (χ0) is 12.8. The quantitative estimate of drug-likeness (QED) is 0.631. The smallest absolute Gasteiger partial charge is 0.205 e. The molecule has 2 N–H and O–H groups in total. The van der Waals surface area contributed by atoms with Crippen molar-refractivity contribution in [3.8, 4) is 11.3 Å². The molecule has 2 rings (SSSR count). The zero-order valence-electron chi connectivity index (χ0n) is 9.15. The van der Waals surface area contributed by atoms with Crippen LogP contribution in [0.4, 0.5) is 11.8 Å². The van der Waals surface area contributed by atoms with Crippen LogP contribution in [0.25, 0.3) is 11.3 Å². The second-order valence-corrected chi connectivity index (χ2v) is 3.18. The Labute approximate surface area is 101 Å². The van der Waals surface area contributed by atoms with Gasteiger partial charge in [0, 0.05) is 11.6 Å². The molecule has 18 heavy (non-hydrogen) atoms. The third-order valence-electron chi connectivity index (χ3n) is 2.06. The van der Waals surface area contributed by atoms with E-state index in [2.05, 4.69) is 30.0 Å². The number of hydrogen-bond acceptors (Lipinski definition) is 6. The summed E-state index contributed by atoms with van der Waals surface area (Å²) >= 11 is 0. The minimum absolute atomic E-state index is 0.00810. The molecule has 1 aromatic heterocycles. The van der Waals surface area contributed by atoms with Crippen LogP contribution in [0.2, 0.25) is 0 Å². The summed E-state index contributed by atoms with van der Waals surface area (Å²) in [6, 6.07) is 10.9. The van der Waals surface area contributed by atoms with Crippen molar-refractivity contribution in [3.63, 3.8) is 0 Å². The summed E-state index contributed by atoms with van der Waals surface area (Å²) in [4.78, 5) is 13.8. The summed E-state index contributed by atoms with van der Waals surface area (Å²) in [5, 5.41) is 6.96. The fourth-order valence-electron chi connectivity index (χ4n) is 1.37. The van der Waals surface area contributed by atoms with Gasteiger partial charge in [-0.3, -0.25) is 0 Å². The molecular weight excluding hydrogens is 232 g/mol. The normalized spacial score (nSPS) is 9.11. The molecule has 8 heteroatoms.